The fraction of sp³-hybridized carbons (Fsp3) is 0.458. The van der Waals surface area contributed by atoms with Gasteiger partial charge in [-0.05, 0) is 17.9 Å². The van der Waals surface area contributed by atoms with Crippen LogP contribution in [0.1, 0.15) is 25.8 Å². The van der Waals surface area contributed by atoms with E-state index in [0.29, 0.717) is 19.5 Å². The summed E-state index contributed by atoms with van der Waals surface area (Å²) in [5.74, 6) is 0.936. The van der Waals surface area contributed by atoms with Crippen molar-refractivity contribution in [1.29, 1.82) is 0 Å². The maximum Gasteiger partial charge on any atom is 0.326 e. The highest BCUT2D eigenvalue weighted by molar-refractivity contribution is 6.07. The predicted molar refractivity (Wildman–Crippen MR) is 128 cm³/mol. The molecule has 10 nitrogen and oxygen atoms in total. The van der Waals surface area contributed by atoms with E-state index in [2.05, 4.69) is 44.0 Å². The average molecular weight is 463 g/mol. The van der Waals surface area contributed by atoms with Crippen LogP contribution >= 0.6 is 0 Å². The van der Waals surface area contributed by atoms with Crippen molar-refractivity contribution >= 4 is 28.8 Å². The lowest BCUT2D eigenvalue weighted by Crippen LogP contribution is -2.52. The molecule has 1 atom stereocenters. The first-order valence-electron chi connectivity index (χ1n) is 11.7. The topological polar surface area (TPSA) is 99.5 Å². The first kappa shape index (κ1) is 22.3. The minimum absolute atomic E-state index is 0.173. The van der Waals surface area contributed by atoms with Gasteiger partial charge in [0.15, 0.2) is 5.65 Å². The van der Waals surface area contributed by atoms with Crippen LogP contribution in [0.3, 0.4) is 0 Å². The van der Waals surface area contributed by atoms with Crippen LogP contribution < -0.4 is 10.2 Å². The van der Waals surface area contributed by atoms with Crippen molar-refractivity contribution in [3.8, 4) is 0 Å². The van der Waals surface area contributed by atoms with Gasteiger partial charge >= 0.3 is 6.03 Å². The van der Waals surface area contributed by atoms with E-state index >= 15 is 0 Å². The summed E-state index contributed by atoms with van der Waals surface area (Å²) in [6, 6.07) is 9.25. The predicted octanol–water partition coefficient (Wildman–Crippen LogP) is 1.94. The average Bonchev–Trinajstić information content (AvgIpc) is 3.33. The van der Waals surface area contributed by atoms with E-state index in [-0.39, 0.29) is 24.5 Å². The summed E-state index contributed by atoms with van der Waals surface area (Å²) < 4.78 is 1.74. The molecule has 3 aromatic rings. The summed E-state index contributed by atoms with van der Waals surface area (Å²) in [5.41, 5.74) is 0.620. The highest BCUT2D eigenvalue weighted by atomic mass is 16.2. The first-order valence-corrected chi connectivity index (χ1v) is 11.7. The van der Waals surface area contributed by atoms with Gasteiger partial charge in [-0.25, -0.2) is 19.7 Å². The lowest BCUT2D eigenvalue weighted by atomic mass is 9.82. The molecule has 2 aromatic heterocycles. The Bertz CT molecular complexity index is 1200. The molecule has 10 heteroatoms. The molecule has 0 saturated carbocycles. The third-order valence-corrected chi connectivity index (χ3v) is 6.68. The first-order chi connectivity index (χ1) is 16.4. The van der Waals surface area contributed by atoms with E-state index in [1.165, 1.54) is 4.90 Å². The molecule has 2 fully saturated rings. The number of aryl methyl sites for hydroxylation is 1. The van der Waals surface area contributed by atoms with Gasteiger partial charge in [0.1, 0.15) is 17.7 Å². The summed E-state index contributed by atoms with van der Waals surface area (Å²) in [5, 5.41) is 8.26. The minimum Gasteiger partial charge on any atom is -0.353 e. The Morgan fingerprint density at radius 1 is 1.06 bits per heavy atom. The number of aromatic nitrogens is 4. The van der Waals surface area contributed by atoms with Crippen LogP contribution in [0.4, 0.5) is 10.6 Å². The molecule has 178 valence electrons. The van der Waals surface area contributed by atoms with Crippen LogP contribution in [0.25, 0.3) is 11.0 Å². The number of anilines is 1. The number of carbonyl (C=O) groups is 2. The molecule has 3 amide bonds. The monoisotopic (exact) mass is 462 g/mol. The van der Waals surface area contributed by atoms with Gasteiger partial charge in [0.25, 0.3) is 5.91 Å². The molecular weight excluding hydrogens is 432 g/mol. The third-order valence-electron chi connectivity index (χ3n) is 6.68. The van der Waals surface area contributed by atoms with Crippen molar-refractivity contribution in [1.82, 2.24) is 34.9 Å². The van der Waals surface area contributed by atoms with Gasteiger partial charge in [0.2, 0.25) is 0 Å². The number of hydrogen-bond donors (Lipinski definition) is 1. The van der Waals surface area contributed by atoms with E-state index in [0.717, 1.165) is 35.5 Å². The summed E-state index contributed by atoms with van der Waals surface area (Å²) in [6.07, 6.45) is 3.92. The summed E-state index contributed by atoms with van der Waals surface area (Å²) >= 11 is 0. The normalized spacial score (nSPS) is 21.6. The zero-order valence-corrected chi connectivity index (χ0v) is 19.8. The molecule has 1 unspecified atom stereocenters. The number of nitrogens with zero attached hydrogens (tertiary/aromatic N) is 7. The van der Waals surface area contributed by atoms with Crippen molar-refractivity contribution in [3.05, 3.63) is 48.4 Å². The quantitative estimate of drug-likeness (QED) is 0.559. The Morgan fingerprint density at radius 3 is 2.50 bits per heavy atom. The fourth-order valence-corrected chi connectivity index (χ4v) is 5.04. The number of urea groups is 1. The summed E-state index contributed by atoms with van der Waals surface area (Å²) in [6.45, 7) is 7.31. The molecule has 1 aromatic carbocycles. The number of benzene rings is 1. The van der Waals surface area contributed by atoms with Gasteiger partial charge < -0.3 is 10.2 Å². The lowest BCUT2D eigenvalue weighted by molar-refractivity contribution is -0.133. The van der Waals surface area contributed by atoms with E-state index in [1.54, 1.807) is 17.2 Å². The van der Waals surface area contributed by atoms with Crippen molar-refractivity contribution in [2.24, 2.45) is 13.0 Å². The Hall–Kier alpha value is -3.53. The maximum atomic E-state index is 13.7. The summed E-state index contributed by atoms with van der Waals surface area (Å²) in [7, 11) is 1.86. The lowest BCUT2D eigenvalue weighted by Gasteiger charge is -2.37. The van der Waals surface area contributed by atoms with Gasteiger partial charge in [-0.1, -0.05) is 44.2 Å². The van der Waals surface area contributed by atoms with Crippen LogP contribution in [-0.2, 0) is 17.4 Å². The zero-order valence-electron chi connectivity index (χ0n) is 19.8. The Balaban J connectivity index is 1.30. The molecule has 2 saturated heterocycles. The third kappa shape index (κ3) is 3.77. The van der Waals surface area contributed by atoms with Crippen molar-refractivity contribution < 1.29 is 9.59 Å². The fourth-order valence-electron chi connectivity index (χ4n) is 5.04. The van der Waals surface area contributed by atoms with E-state index in [4.69, 9.17) is 0 Å². The number of rotatable bonds is 6. The second-order valence-electron chi connectivity index (χ2n) is 9.48. The molecular formula is C24H30N8O2. The van der Waals surface area contributed by atoms with Crippen LogP contribution in [0.15, 0.2) is 42.9 Å². The Kier molecular flexibility index (Phi) is 5.68. The molecule has 0 radical (unpaired) electrons. The molecule has 2 aliphatic rings. The number of imide groups is 1. The highest BCUT2D eigenvalue weighted by Gasteiger charge is 2.52. The molecule has 0 bridgehead atoms. The van der Waals surface area contributed by atoms with Crippen LogP contribution in [-0.4, -0.2) is 74.3 Å². The van der Waals surface area contributed by atoms with Gasteiger partial charge in [-0.2, -0.15) is 5.10 Å². The van der Waals surface area contributed by atoms with Gasteiger partial charge in [0.05, 0.1) is 18.3 Å². The number of amides is 3. The van der Waals surface area contributed by atoms with Gasteiger partial charge in [0, 0.05) is 33.2 Å². The standard InChI is InChI=1S/C24H30N8O2/c1-17(2)13-24(18-7-5-4-6-8-18)22(33)32(23(34)28-24)16-30-9-11-31(12-10-30)21-19-14-27-29(3)20(19)25-15-26-21/h4-8,14-15,17H,9-13,16H2,1-3H3,(H,28,34). The van der Waals surface area contributed by atoms with Crippen LogP contribution in [0.5, 0.6) is 0 Å². The molecule has 0 aliphatic carbocycles. The van der Waals surface area contributed by atoms with E-state index < -0.39 is 5.54 Å². The van der Waals surface area contributed by atoms with E-state index in [1.807, 2.05) is 37.4 Å². The maximum absolute atomic E-state index is 13.7. The smallest absolute Gasteiger partial charge is 0.326 e. The summed E-state index contributed by atoms with van der Waals surface area (Å²) in [4.78, 5) is 41.2. The molecule has 1 N–H and O–H groups in total. The van der Waals surface area contributed by atoms with Crippen molar-refractivity contribution in [2.75, 3.05) is 37.7 Å². The van der Waals surface area contributed by atoms with E-state index in [9.17, 15) is 9.59 Å². The Labute approximate surface area is 198 Å². The number of nitrogens with one attached hydrogen (secondary N) is 1. The SMILES string of the molecule is CC(C)CC1(c2ccccc2)NC(=O)N(CN2CCN(c3ncnc4c3cnn4C)CC2)C1=O. The second kappa shape index (κ2) is 8.68. The molecule has 2 aliphatic heterocycles. The van der Waals surface area contributed by atoms with Crippen molar-refractivity contribution in [3.63, 3.8) is 0 Å². The van der Waals surface area contributed by atoms with Crippen LogP contribution in [0, 0.1) is 5.92 Å². The number of carbonyl (C=O) groups excluding carboxylic acids is 2. The second-order valence-corrected chi connectivity index (χ2v) is 9.48. The number of fused-ring (bicyclic) bond motifs is 1. The highest BCUT2D eigenvalue weighted by Crippen LogP contribution is 2.35. The molecule has 0 spiro atoms. The van der Waals surface area contributed by atoms with Gasteiger partial charge in [-0.15, -0.1) is 0 Å². The van der Waals surface area contributed by atoms with Gasteiger partial charge in [-0.3, -0.25) is 14.4 Å². The number of piperazine rings is 1. The molecule has 34 heavy (non-hydrogen) atoms. The molecule has 4 heterocycles. The largest absolute Gasteiger partial charge is 0.353 e. The van der Waals surface area contributed by atoms with Crippen molar-refractivity contribution in [2.45, 2.75) is 25.8 Å². The van der Waals surface area contributed by atoms with Crippen LogP contribution in [0.2, 0.25) is 0 Å². The molecule has 5 rings (SSSR count). The number of hydrogen-bond acceptors (Lipinski definition) is 7. The Morgan fingerprint density at radius 2 is 1.79 bits per heavy atom. The zero-order chi connectivity index (χ0) is 23.9. The minimum atomic E-state index is -1.01.